The first-order valence-corrected chi connectivity index (χ1v) is 8.84. The molecule has 25 heavy (non-hydrogen) atoms. The van der Waals surface area contributed by atoms with E-state index < -0.39 is 0 Å². The van der Waals surface area contributed by atoms with Crippen LogP contribution in [0.1, 0.15) is 54.0 Å². The molecular formula is C19H27ClN4O. The van der Waals surface area contributed by atoms with Gasteiger partial charge >= 0.3 is 0 Å². The second-order valence-corrected chi connectivity index (χ2v) is 6.58. The van der Waals surface area contributed by atoms with Gasteiger partial charge in [-0.25, -0.2) is 4.68 Å². The van der Waals surface area contributed by atoms with Crippen molar-refractivity contribution in [3.05, 3.63) is 46.8 Å². The number of amides is 1. The Labute approximate surface area is 155 Å². The number of nitrogens with one attached hydrogen (secondary N) is 1. The molecular weight excluding hydrogens is 336 g/mol. The highest BCUT2D eigenvalue weighted by Gasteiger charge is 2.26. The Morgan fingerprint density at radius 3 is 2.68 bits per heavy atom. The van der Waals surface area contributed by atoms with Crippen LogP contribution in [0.5, 0.6) is 0 Å². The smallest absolute Gasteiger partial charge is 0.272 e. The lowest BCUT2D eigenvalue weighted by Crippen LogP contribution is -2.29. The van der Waals surface area contributed by atoms with Crippen molar-refractivity contribution in [2.24, 2.45) is 5.73 Å². The second kappa shape index (κ2) is 8.50. The molecule has 1 unspecified atom stereocenters. The predicted molar refractivity (Wildman–Crippen MR) is 103 cm³/mol. The van der Waals surface area contributed by atoms with Gasteiger partial charge in [0.15, 0.2) is 5.69 Å². The number of fused-ring (bicyclic) bond motifs is 1. The number of aryl methyl sites for hydroxylation is 1. The highest BCUT2D eigenvalue weighted by Crippen LogP contribution is 2.28. The maximum Gasteiger partial charge on any atom is 0.272 e. The van der Waals surface area contributed by atoms with Crippen molar-refractivity contribution in [2.45, 2.75) is 52.0 Å². The monoisotopic (exact) mass is 362 g/mol. The van der Waals surface area contributed by atoms with E-state index in [2.05, 4.69) is 41.6 Å². The SMILES string of the molecule is CCc1ccc(-n2nc(C(=O)NCCC(C)N)c3c2CCC3)cc1.Cl. The number of carbonyl (C=O) groups excluding carboxylic acids is 1. The molecule has 1 aliphatic rings. The number of halogens is 1. The van der Waals surface area contributed by atoms with Gasteiger partial charge in [0.25, 0.3) is 5.91 Å². The minimum absolute atomic E-state index is 0. The Kier molecular flexibility index (Phi) is 6.62. The fourth-order valence-electron chi connectivity index (χ4n) is 3.20. The highest BCUT2D eigenvalue weighted by atomic mass is 35.5. The summed E-state index contributed by atoms with van der Waals surface area (Å²) in [5, 5.41) is 7.58. The van der Waals surface area contributed by atoms with Gasteiger partial charge in [-0.2, -0.15) is 5.10 Å². The third-order valence-electron chi connectivity index (χ3n) is 4.62. The average molecular weight is 363 g/mol. The van der Waals surface area contributed by atoms with Gasteiger partial charge in [0, 0.05) is 23.8 Å². The lowest BCUT2D eigenvalue weighted by atomic mass is 10.1. The molecule has 1 aromatic heterocycles. The van der Waals surface area contributed by atoms with E-state index in [1.165, 1.54) is 11.3 Å². The van der Waals surface area contributed by atoms with Gasteiger partial charge in [-0.1, -0.05) is 19.1 Å². The topological polar surface area (TPSA) is 72.9 Å². The van der Waals surface area contributed by atoms with E-state index in [1.807, 2.05) is 11.6 Å². The first-order chi connectivity index (χ1) is 11.6. The standard InChI is InChI=1S/C19H26N4O.ClH/c1-3-14-7-9-15(10-8-14)23-17-6-4-5-16(17)18(22-23)19(24)21-12-11-13(2)20;/h7-10,13H,3-6,11-12,20H2,1-2H3,(H,21,24);1H. The summed E-state index contributed by atoms with van der Waals surface area (Å²) < 4.78 is 1.95. The number of rotatable bonds is 6. The molecule has 0 saturated carbocycles. The van der Waals surface area contributed by atoms with Crippen LogP contribution in [0, 0.1) is 0 Å². The molecule has 0 bridgehead atoms. The molecule has 6 heteroatoms. The van der Waals surface area contributed by atoms with E-state index >= 15 is 0 Å². The Morgan fingerprint density at radius 1 is 1.32 bits per heavy atom. The lowest BCUT2D eigenvalue weighted by Gasteiger charge is -2.07. The summed E-state index contributed by atoms with van der Waals surface area (Å²) in [5.41, 5.74) is 10.9. The minimum atomic E-state index is -0.0854. The van der Waals surface area contributed by atoms with Crippen molar-refractivity contribution in [1.82, 2.24) is 15.1 Å². The lowest BCUT2D eigenvalue weighted by molar-refractivity contribution is 0.0946. The van der Waals surface area contributed by atoms with Crippen molar-refractivity contribution in [3.63, 3.8) is 0 Å². The second-order valence-electron chi connectivity index (χ2n) is 6.58. The molecule has 136 valence electrons. The molecule has 1 aliphatic carbocycles. The molecule has 1 aromatic carbocycles. The van der Waals surface area contributed by atoms with Gasteiger partial charge < -0.3 is 11.1 Å². The van der Waals surface area contributed by atoms with E-state index in [9.17, 15) is 4.79 Å². The van der Waals surface area contributed by atoms with Crippen LogP contribution in [0.2, 0.25) is 0 Å². The summed E-state index contributed by atoms with van der Waals surface area (Å²) in [5.74, 6) is -0.0854. The molecule has 0 radical (unpaired) electrons. The number of benzene rings is 1. The van der Waals surface area contributed by atoms with E-state index in [1.54, 1.807) is 0 Å². The van der Waals surface area contributed by atoms with Gasteiger partial charge in [-0.3, -0.25) is 4.79 Å². The fraction of sp³-hybridized carbons (Fsp3) is 0.474. The number of carbonyl (C=O) groups is 1. The quantitative estimate of drug-likeness (QED) is 0.829. The third kappa shape index (κ3) is 4.22. The van der Waals surface area contributed by atoms with E-state index in [0.717, 1.165) is 43.4 Å². The molecule has 0 spiro atoms. The van der Waals surface area contributed by atoms with Gasteiger partial charge in [-0.15, -0.1) is 12.4 Å². The number of nitrogens with zero attached hydrogens (tertiary/aromatic N) is 2. The van der Waals surface area contributed by atoms with Crippen molar-refractivity contribution in [2.75, 3.05) is 6.54 Å². The number of hydrogen-bond acceptors (Lipinski definition) is 3. The molecule has 3 N–H and O–H groups in total. The van der Waals surface area contributed by atoms with Crippen LogP contribution in [0.3, 0.4) is 0 Å². The Bertz CT molecular complexity index is 722. The molecule has 1 heterocycles. The molecule has 2 aromatic rings. The van der Waals surface area contributed by atoms with Crippen molar-refractivity contribution < 1.29 is 4.79 Å². The van der Waals surface area contributed by atoms with E-state index in [-0.39, 0.29) is 24.4 Å². The summed E-state index contributed by atoms with van der Waals surface area (Å²) in [7, 11) is 0. The van der Waals surface area contributed by atoms with Crippen LogP contribution >= 0.6 is 12.4 Å². The zero-order valence-corrected chi connectivity index (χ0v) is 15.7. The van der Waals surface area contributed by atoms with Crippen molar-refractivity contribution >= 4 is 18.3 Å². The highest BCUT2D eigenvalue weighted by molar-refractivity contribution is 5.94. The van der Waals surface area contributed by atoms with Crippen LogP contribution in [0.4, 0.5) is 0 Å². The first-order valence-electron chi connectivity index (χ1n) is 8.84. The third-order valence-corrected chi connectivity index (χ3v) is 4.62. The van der Waals surface area contributed by atoms with Gasteiger partial charge in [0.2, 0.25) is 0 Å². The predicted octanol–water partition coefficient (Wildman–Crippen LogP) is 2.81. The summed E-state index contributed by atoms with van der Waals surface area (Å²) in [4.78, 5) is 12.5. The molecule has 1 amide bonds. The summed E-state index contributed by atoms with van der Waals surface area (Å²) in [6.45, 7) is 4.67. The largest absolute Gasteiger partial charge is 0.351 e. The van der Waals surface area contributed by atoms with Crippen LogP contribution in [0.15, 0.2) is 24.3 Å². The van der Waals surface area contributed by atoms with Gasteiger partial charge in [-0.05, 0) is 56.7 Å². The van der Waals surface area contributed by atoms with Crippen LogP contribution in [0.25, 0.3) is 5.69 Å². The fourth-order valence-corrected chi connectivity index (χ4v) is 3.20. The summed E-state index contributed by atoms with van der Waals surface area (Å²) >= 11 is 0. The van der Waals surface area contributed by atoms with E-state index in [0.29, 0.717) is 12.2 Å². The molecule has 0 fully saturated rings. The molecule has 5 nitrogen and oxygen atoms in total. The van der Waals surface area contributed by atoms with Crippen LogP contribution in [-0.2, 0) is 19.3 Å². The van der Waals surface area contributed by atoms with Crippen molar-refractivity contribution in [3.8, 4) is 5.69 Å². The first kappa shape index (κ1) is 19.5. The van der Waals surface area contributed by atoms with E-state index in [4.69, 9.17) is 5.73 Å². The maximum atomic E-state index is 12.5. The molecule has 3 rings (SSSR count). The van der Waals surface area contributed by atoms with Crippen LogP contribution < -0.4 is 11.1 Å². The maximum absolute atomic E-state index is 12.5. The Balaban J connectivity index is 0.00000225. The number of hydrogen-bond donors (Lipinski definition) is 2. The zero-order valence-electron chi connectivity index (χ0n) is 14.9. The zero-order chi connectivity index (χ0) is 17.1. The average Bonchev–Trinajstić information content (AvgIpc) is 3.16. The van der Waals surface area contributed by atoms with Gasteiger partial charge in [0.1, 0.15) is 0 Å². The van der Waals surface area contributed by atoms with Gasteiger partial charge in [0.05, 0.1) is 5.69 Å². The molecule has 0 saturated heterocycles. The number of nitrogens with two attached hydrogens (primary N) is 1. The van der Waals surface area contributed by atoms with Crippen molar-refractivity contribution in [1.29, 1.82) is 0 Å². The Morgan fingerprint density at radius 2 is 2.04 bits per heavy atom. The number of aromatic nitrogens is 2. The summed E-state index contributed by atoms with van der Waals surface area (Å²) in [6.07, 6.45) is 4.78. The normalized spacial score (nSPS) is 13.9. The molecule has 1 atom stereocenters. The minimum Gasteiger partial charge on any atom is -0.351 e. The molecule has 0 aliphatic heterocycles. The summed E-state index contributed by atoms with van der Waals surface area (Å²) in [6, 6.07) is 8.51. The van der Waals surface area contributed by atoms with Crippen LogP contribution in [-0.4, -0.2) is 28.3 Å². The Hall–Kier alpha value is -1.85.